The molecule has 1 fully saturated rings. The van der Waals surface area contributed by atoms with E-state index in [1.165, 1.54) is 31.4 Å². The van der Waals surface area contributed by atoms with E-state index in [4.69, 9.17) is 0 Å². The lowest BCUT2D eigenvalue weighted by atomic mass is 9.95. The van der Waals surface area contributed by atoms with Gasteiger partial charge in [0, 0.05) is 17.9 Å². The number of pyridine rings is 1. The van der Waals surface area contributed by atoms with Gasteiger partial charge >= 0.3 is 0 Å². The number of hydrogen-bond acceptors (Lipinski definition) is 3. The third-order valence-electron chi connectivity index (χ3n) is 4.10. The molecule has 1 amide bonds. The average molecular weight is 313 g/mol. The highest BCUT2D eigenvalue weighted by molar-refractivity contribution is 5.99. The van der Waals surface area contributed by atoms with Crippen molar-refractivity contribution in [1.82, 2.24) is 10.3 Å². The number of nitrogens with zero attached hydrogens (tertiary/aromatic N) is 1. The Balaban J connectivity index is 1.74. The number of carbonyl (C=O) groups is 1. The van der Waals surface area contributed by atoms with Crippen LogP contribution in [0.1, 0.15) is 42.5 Å². The summed E-state index contributed by atoms with van der Waals surface area (Å²) in [6.07, 6.45) is 7.27. The zero-order chi connectivity index (χ0) is 16.1. The second kappa shape index (κ2) is 7.22. The Morgan fingerprint density at radius 3 is 2.57 bits per heavy atom. The molecule has 3 rings (SSSR count). The number of anilines is 2. The second-order valence-corrected chi connectivity index (χ2v) is 5.84. The molecular weight excluding hydrogens is 293 g/mol. The molecule has 1 saturated carbocycles. The van der Waals surface area contributed by atoms with E-state index in [0.717, 1.165) is 12.8 Å². The fraction of sp³-hybridized carbons (Fsp3) is 0.333. The summed E-state index contributed by atoms with van der Waals surface area (Å²) < 4.78 is 13.0. The van der Waals surface area contributed by atoms with E-state index >= 15 is 0 Å². The Morgan fingerprint density at radius 1 is 1.09 bits per heavy atom. The van der Waals surface area contributed by atoms with Gasteiger partial charge in [-0.25, -0.2) is 9.37 Å². The average Bonchev–Trinajstić information content (AvgIpc) is 2.58. The minimum Gasteiger partial charge on any atom is -0.349 e. The van der Waals surface area contributed by atoms with Crippen LogP contribution < -0.4 is 10.6 Å². The number of halogens is 1. The molecule has 0 spiro atoms. The third kappa shape index (κ3) is 4.06. The van der Waals surface area contributed by atoms with Gasteiger partial charge in [-0.15, -0.1) is 0 Å². The van der Waals surface area contributed by atoms with Crippen LogP contribution in [0.2, 0.25) is 0 Å². The molecule has 2 aromatic rings. The Morgan fingerprint density at radius 2 is 1.83 bits per heavy atom. The number of nitrogens with one attached hydrogen (secondary N) is 2. The van der Waals surface area contributed by atoms with Crippen LogP contribution >= 0.6 is 0 Å². The number of rotatable bonds is 4. The number of amides is 1. The van der Waals surface area contributed by atoms with Crippen molar-refractivity contribution in [3.05, 3.63) is 54.0 Å². The van der Waals surface area contributed by atoms with E-state index in [-0.39, 0.29) is 17.8 Å². The Bertz CT molecular complexity index is 666. The maximum absolute atomic E-state index is 13.0. The fourth-order valence-corrected chi connectivity index (χ4v) is 2.87. The third-order valence-corrected chi connectivity index (χ3v) is 4.10. The van der Waals surface area contributed by atoms with Crippen molar-refractivity contribution in [2.24, 2.45) is 0 Å². The van der Waals surface area contributed by atoms with E-state index < -0.39 is 0 Å². The smallest absolute Gasteiger partial charge is 0.255 e. The molecule has 120 valence electrons. The van der Waals surface area contributed by atoms with Crippen LogP contribution in [-0.2, 0) is 0 Å². The molecule has 0 radical (unpaired) electrons. The number of carbonyl (C=O) groups excluding carboxylic acids is 1. The molecule has 2 N–H and O–H groups in total. The van der Waals surface area contributed by atoms with Gasteiger partial charge in [-0.3, -0.25) is 4.79 Å². The Hall–Kier alpha value is -2.43. The van der Waals surface area contributed by atoms with Gasteiger partial charge in [0.1, 0.15) is 11.6 Å². The van der Waals surface area contributed by atoms with Crippen LogP contribution in [0.25, 0.3) is 0 Å². The van der Waals surface area contributed by atoms with Crippen molar-refractivity contribution >= 4 is 17.4 Å². The monoisotopic (exact) mass is 313 g/mol. The van der Waals surface area contributed by atoms with E-state index in [1.807, 2.05) is 0 Å². The van der Waals surface area contributed by atoms with Crippen LogP contribution in [0.5, 0.6) is 0 Å². The predicted octanol–water partition coefficient (Wildman–Crippen LogP) is 4.03. The van der Waals surface area contributed by atoms with E-state index in [9.17, 15) is 9.18 Å². The van der Waals surface area contributed by atoms with Crippen molar-refractivity contribution in [1.29, 1.82) is 0 Å². The minimum absolute atomic E-state index is 0.116. The van der Waals surface area contributed by atoms with Gasteiger partial charge < -0.3 is 10.6 Å². The van der Waals surface area contributed by atoms with Crippen molar-refractivity contribution in [2.45, 2.75) is 38.1 Å². The van der Waals surface area contributed by atoms with Crippen molar-refractivity contribution in [3.8, 4) is 0 Å². The summed E-state index contributed by atoms with van der Waals surface area (Å²) in [6.45, 7) is 0. The summed E-state index contributed by atoms with van der Waals surface area (Å²) in [7, 11) is 0. The van der Waals surface area contributed by atoms with E-state index in [2.05, 4.69) is 15.6 Å². The summed E-state index contributed by atoms with van der Waals surface area (Å²) in [5, 5.41) is 6.17. The van der Waals surface area contributed by atoms with Gasteiger partial charge in [-0.1, -0.05) is 19.3 Å². The Kier molecular flexibility index (Phi) is 4.86. The highest BCUT2D eigenvalue weighted by Crippen LogP contribution is 2.21. The minimum atomic E-state index is -0.299. The number of aromatic nitrogens is 1. The van der Waals surface area contributed by atoms with Gasteiger partial charge in [0.05, 0.1) is 5.56 Å². The zero-order valence-electron chi connectivity index (χ0n) is 12.9. The summed E-state index contributed by atoms with van der Waals surface area (Å²) in [6, 6.07) is 9.71. The molecule has 1 heterocycles. The van der Waals surface area contributed by atoms with Crippen LogP contribution in [-0.4, -0.2) is 16.9 Å². The second-order valence-electron chi connectivity index (χ2n) is 5.84. The maximum atomic E-state index is 13.0. The molecule has 0 saturated heterocycles. The van der Waals surface area contributed by atoms with Gasteiger partial charge in [0.15, 0.2) is 0 Å². The molecule has 0 bridgehead atoms. The topological polar surface area (TPSA) is 54.0 Å². The highest BCUT2D eigenvalue weighted by atomic mass is 19.1. The number of hydrogen-bond donors (Lipinski definition) is 2. The molecule has 1 aromatic carbocycles. The van der Waals surface area contributed by atoms with Gasteiger partial charge in [0.25, 0.3) is 5.91 Å². The van der Waals surface area contributed by atoms with Gasteiger partial charge in [-0.2, -0.15) is 0 Å². The molecular formula is C18H20FN3O. The summed E-state index contributed by atoms with van der Waals surface area (Å²) >= 11 is 0. The fourth-order valence-electron chi connectivity index (χ4n) is 2.87. The lowest BCUT2D eigenvalue weighted by Gasteiger charge is -2.23. The highest BCUT2D eigenvalue weighted by Gasteiger charge is 2.19. The van der Waals surface area contributed by atoms with Crippen LogP contribution in [0.3, 0.4) is 0 Å². The molecule has 1 aromatic heterocycles. The Labute approximate surface area is 135 Å². The van der Waals surface area contributed by atoms with Crippen molar-refractivity contribution in [2.75, 3.05) is 5.32 Å². The molecule has 1 aliphatic rings. The molecule has 0 unspecified atom stereocenters. The summed E-state index contributed by atoms with van der Waals surface area (Å²) in [5.74, 6) is 0.0638. The summed E-state index contributed by atoms with van der Waals surface area (Å²) in [4.78, 5) is 16.8. The largest absolute Gasteiger partial charge is 0.349 e. The van der Waals surface area contributed by atoms with Gasteiger partial charge in [-0.05, 0) is 49.2 Å². The first-order valence-corrected chi connectivity index (χ1v) is 8.01. The predicted molar refractivity (Wildman–Crippen MR) is 88.3 cm³/mol. The normalized spacial score (nSPS) is 15.2. The first-order chi connectivity index (χ1) is 11.2. The number of benzene rings is 1. The first-order valence-electron chi connectivity index (χ1n) is 8.01. The van der Waals surface area contributed by atoms with Crippen LogP contribution in [0, 0.1) is 5.82 Å². The van der Waals surface area contributed by atoms with Gasteiger partial charge in [0.2, 0.25) is 0 Å². The van der Waals surface area contributed by atoms with Crippen LogP contribution in [0.4, 0.5) is 15.9 Å². The van der Waals surface area contributed by atoms with E-state index in [1.54, 1.807) is 30.5 Å². The maximum Gasteiger partial charge on any atom is 0.255 e. The molecule has 1 aliphatic carbocycles. The van der Waals surface area contributed by atoms with Crippen molar-refractivity contribution < 1.29 is 9.18 Å². The lowest BCUT2D eigenvalue weighted by molar-refractivity contribution is 0.0928. The lowest BCUT2D eigenvalue weighted by Crippen LogP contribution is -2.36. The van der Waals surface area contributed by atoms with Crippen molar-refractivity contribution in [3.63, 3.8) is 0 Å². The quantitative estimate of drug-likeness (QED) is 0.896. The standard InChI is InChI=1S/C18H20FN3O/c19-13-8-10-15(11-9-13)21-17-16(7-4-12-20-17)18(23)22-14-5-2-1-3-6-14/h4,7-12,14H,1-3,5-6H2,(H,20,21)(H,22,23). The molecule has 0 atom stereocenters. The first kappa shape index (κ1) is 15.5. The molecule has 23 heavy (non-hydrogen) atoms. The molecule has 4 nitrogen and oxygen atoms in total. The molecule has 0 aliphatic heterocycles. The zero-order valence-corrected chi connectivity index (χ0v) is 12.9. The SMILES string of the molecule is O=C(NC1CCCCC1)c1cccnc1Nc1ccc(F)cc1. The van der Waals surface area contributed by atoms with E-state index in [0.29, 0.717) is 17.1 Å². The van der Waals surface area contributed by atoms with Crippen LogP contribution in [0.15, 0.2) is 42.6 Å². The molecule has 5 heteroatoms. The summed E-state index contributed by atoms with van der Waals surface area (Å²) in [5.41, 5.74) is 1.19.